The van der Waals surface area contributed by atoms with E-state index in [4.69, 9.17) is 20.3 Å². The molecule has 0 aliphatic heterocycles. The molecule has 0 aromatic rings. The predicted molar refractivity (Wildman–Crippen MR) is 72.2 cm³/mol. The number of carboxylic acids is 1. The van der Waals surface area contributed by atoms with E-state index in [0.29, 0.717) is 13.0 Å². The lowest BCUT2D eigenvalue weighted by atomic mass is 9.54. The Hall–Kier alpha value is -1.18. The Bertz CT molecular complexity index is 385. The van der Waals surface area contributed by atoms with Crippen molar-refractivity contribution >= 4 is 11.9 Å². The molecule has 3 atom stereocenters. The zero-order valence-electron chi connectivity index (χ0n) is 12.4. The van der Waals surface area contributed by atoms with Crippen LogP contribution in [0.3, 0.4) is 0 Å². The molecule has 1 aliphatic carbocycles. The number of aliphatic carboxylic acids is 1. The fraction of sp³-hybridized carbons (Fsp3) is 0.846. The molecule has 0 spiro atoms. The normalized spacial score (nSPS) is 29.4. The minimum absolute atomic E-state index is 0.103. The number of nitrogens with two attached hydrogens (primary N) is 1. The van der Waals surface area contributed by atoms with Crippen molar-refractivity contribution in [1.82, 2.24) is 5.32 Å². The molecule has 0 aromatic carbocycles. The maximum Gasteiger partial charge on any atom is 0.328 e. The lowest BCUT2D eigenvalue weighted by molar-refractivity contribution is -0.172. The van der Waals surface area contributed by atoms with E-state index in [1.54, 1.807) is 0 Å². The maximum absolute atomic E-state index is 12.3. The van der Waals surface area contributed by atoms with Crippen LogP contribution in [-0.2, 0) is 19.1 Å². The summed E-state index contributed by atoms with van der Waals surface area (Å²) in [5.74, 6) is -1.63. The van der Waals surface area contributed by atoms with Crippen LogP contribution < -0.4 is 11.1 Å². The summed E-state index contributed by atoms with van der Waals surface area (Å²) in [6.07, 6.45) is 0.271. The first-order chi connectivity index (χ1) is 9.20. The van der Waals surface area contributed by atoms with Gasteiger partial charge in [-0.25, -0.2) is 4.79 Å². The van der Waals surface area contributed by atoms with E-state index in [2.05, 4.69) is 5.32 Å². The first-order valence-electron chi connectivity index (χ1n) is 6.64. The molecule has 1 aliphatic rings. The molecule has 0 heterocycles. The highest BCUT2D eigenvalue weighted by molar-refractivity contribution is 5.92. The zero-order chi connectivity index (χ0) is 15.6. The highest BCUT2D eigenvalue weighted by atomic mass is 16.5. The third-order valence-corrected chi connectivity index (χ3v) is 4.17. The Morgan fingerprint density at radius 2 is 2.10 bits per heavy atom. The van der Waals surface area contributed by atoms with Gasteiger partial charge in [0.15, 0.2) is 6.04 Å². The van der Waals surface area contributed by atoms with E-state index in [1.165, 1.54) is 7.11 Å². The van der Waals surface area contributed by atoms with E-state index in [1.807, 2.05) is 20.8 Å². The molecule has 1 rings (SSSR count). The highest BCUT2D eigenvalue weighted by Gasteiger charge is 2.63. The molecule has 1 saturated carbocycles. The standard InChI is InChI=1S/C13H24N2O5/c1-5-20-9-6-13(14,12(9,2)3)11(18)15-8(7-19-4)10(16)17/h8-9H,5-7,14H2,1-4H3,(H,15,18)(H,16,17). The van der Waals surface area contributed by atoms with Gasteiger partial charge in [0.25, 0.3) is 0 Å². The number of amides is 1. The predicted octanol–water partition coefficient (Wildman–Crippen LogP) is -0.265. The van der Waals surface area contributed by atoms with E-state index in [-0.39, 0.29) is 12.7 Å². The van der Waals surface area contributed by atoms with Crippen LogP contribution in [0.4, 0.5) is 0 Å². The second kappa shape index (κ2) is 6.07. The number of carboxylic acid groups (broad SMARTS) is 1. The number of carbonyl (C=O) groups excluding carboxylic acids is 1. The SMILES string of the molecule is CCOC1CC(N)(C(=O)NC(COC)C(=O)O)C1(C)C. The molecule has 1 fully saturated rings. The molecule has 0 bridgehead atoms. The van der Waals surface area contributed by atoms with Crippen molar-refractivity contribution in [1.29, 1.82) is 0 Å². The van der Waals surface area contributed by atoms with Gasteiger partial charge >= 0.3 is 5.97 Å². The van der Waals surface area contributed by atoms with Gasteiger partial charge in [-0.2, -0.15) is 0 Å². The zero-order valence-corrected chi connectivity index (χ0v) is 12.4. The third kappa shape index (κ3) is 2.79. The number of rotatable bonds is 7. The average molecular weight is 288 g/mol. The fourth-order valence-electron chi connectivity index (χ4n) is 2.45. The number of hydrogen-bond acceptors (Lipinski definition) is 5. The molecule has 0 aromatic heterocycles. The van der Waals surface area contributed by atoms with Crippen LogP contribution in [-0.4, -0.2) is 55.0 Å². The van der Waals surface area contributed by atoms with Crippen LogP contribution in [0.5, 0.6) is 0 Å². The molecule has 4 N–H and O–H groups in total. The monoisotopic (exact) mass is 288 g/mol. The Morgan fingerprint density at radius 3 is 2.50 bits per heavy atom. The first-order valence-corrected chi connectivity index (χ1v) is 6.64. The summed E-state index contributed by atoms with van der Waals surface area (Å²) in [6.45, 7) is 6.02. The molecule has 3 unspecified atom stereocenters. The largest absolute Gasteiger partial charge is 0.480 e. The first kappa shape index (κ1) is 16.9. The second-order valence-corrected chi connectivity index (χ2v) is 5.66. The molecular formula is C13H24N2O5. The quantitative estimate of drug-likeness (QED) is 0.595. The summed E-state index contributed by atoms with van der Waals surface area (Å²) >= 11 is 0. The second-order valence-electron chi connectivity index (χ2n) is 5.66. The summed E-state index contributed by atoms with van der Waals surface area (Å²) in [4.78, 5) is 23.3. The van der Waals surface area contributed by atoms with Gasteiger partial charge in [0.1, 0.15) is 5.54 Å². The van der Waals surface area contributed by atoms with Crippen LogP contribution in [0.15, 0.2) is 0 Å². The van der Waals surface area contributed by atoms with Crippen molar-refractivity contribution in [2.75, 3.05) is 20.3 Å². The molecule has 7 nitrogen and oxygen atoms in total. The number of nitrogens with one attached hydrogen (secondary N) is 1. The fourth-order valence-corrected chi connectivity index (χ4v) is 2.45. The van der Waals surface area contributed by atoms with Gasteiger partial charge in [0.2, 0.25) is 5.91 Å². The molecule has 0 saturated heterocycles. The average Bonchev–Trinajstić information content (AvgIpc) is 2.37. The van der Waals surface area contributed by atoms with Gasteiger partial charge in [0, 0.05) is 25.6 Å². The summed E-state index contributed by atoms with van der Waals surface area (Å²) in [7, 11) is 1.37. The summed E-state index contributed by atoms with van der Waals surface area (Å²) in [5, 5.41) is 11.4. The van der Waals surface area contributed by atoms with E-state index < -0.39 is 28.9 Å². The number of hydrogen-bond donors (Lipinski definition) is 3. The molecule has 116 valence electrons. The smallest absolute Gasteiger partial charge is 0.328 e. The van der Waals surface area contributed by atoms with Gasteiger partial charge in [0.05, 0.1) is 12.7 Å². The van der Waals surface area contributed by atoms with Crippen LogP contribution in [0.1, 0.15) is 27.2 Å². The van der Waals surface area contributed by atoms with E-state index in [0.717, 1.165) is 0 Å². The van der Waals surface area contributed by atoms with Crippen molar-refractivity contribution in [2.45, 2.75) is 44.9 Å². The molecule has 0 radical (unpaired) electrons. The summed E-state index contributed by atoms with van der Waals surface area (Å²) < 4.78 is 10.3. The third-order valence-electron chi connectivity index (χ3n) is 4.17. The topological polar surface area (TPSA) is 111 Å². The van der Waals surface area contributed by atoms with Crippen molar-refractivity contribution in [3.05, 3.63) is 0 Å². The Morgan fingerprint density at radius 1 is 1.50 bits per heavy atom. The molecule has 20 heavy (non-hydrogen) atoms. The number of ether oxygens (including phenoxy) is 2. The molecule has 1 amide bonds. The van der Waals surface area contributed by atoms with Crippen molar-refractivity contribution in [2.24, 2.45) is 11.1 Å². The van der Waals surface area contributed by atoms with Gasteiger partial charge in [-0.15, -0.1) is 0 Å². The number of carbonyl (C=O) groups is 2. The molecule has 7 heteroatoms. The lowest BCUT2D eigenvalue weighted by Crippen LogP contribution is -2.76. The summed E-state index contributed by atoms with van der Waals surface area (Å²) in [5.41, 5.74) is 4.48. The Labute approximate surface area is 118 Å². The highest BCUT2D eigenvalue weighted by Crippen LogP contribution is 2.49. The van der Waals surface area contributed by atoms with Crippen LogP contribution >= 0.6 is 0 Å². The van der Waals surface area contributed by atoms with Gasteiger partial charge in [-0.3, -0.25) is 4.79 Å². The van der Waals surface area contributed by atoms with Crippen LogP contribution in [0.25, 0.3) is 0 Å². The minimum Gasteiger partial charge on any atom is -0.480 e. The number of methoxy groups -OCH3 is 1. The van der Waals surface area contributed by atoms with E-state index >= 15 is 0 Å². The minimum atomic E-state index is -1.15. The summed E-state index contributed by atoms with van der Waals surface area (Å²) in [6, 6.07) is -1.10. The van der Waals surface area contributed by atoms with Crippen LogP contribution in [0, 0.1) is 5.41 Å². The van der Waals surface area contributed by atoms with Gasteiger partial charge < -0.3 is 25.6 Å². The lowest BCUT2D eigenvalue weighted by Gasteiger charge is -2.57. The molecular weight excluding hydrogens is 264 g/mol. The van der Waals surface area contributed by atoms with Crippen molar-refractivity contribution in [3.8, 4) is 0 Å². The van der Waals surface area contributed by atoms with Crippen molar-refractivity contribution < 1.29 is 24.2 Å². The Kier molecular flexibility index (Phi) is 5.12. The maximum atomic E-state index is 12.3. The van der Waals surface area contributed by atoms with Crippen LogP contribution in [0.2, 0.25) is 0 Å². The van der Waals surface area contributed by atoms with Gasteiger partial charge in [-0.05, 0) is 6.92 Å². The van der Waals surface area contributed by atoms with E-state index in [9.17, 15) is 9.59 Å². The Balaban J connectivity index is 2.75. The van der Waals surface area contributed by atoms with Crippen molar-refractivity contribution in [3.63, 3.8) is 0 Å². The van der Waals surface area contributed by atoms with Gasteiger partial charge in [-0.1, -0.05) is 13.8 Å².